The average molecular weight is 361 g/mol. The van der Waals surface area contributed by atoms with Gasteiger partial charge in [-0.1, -0.05) is 17.2 Å². The van der Waals surface area contributed by atoms with Crippen LogP contribution in [0.1, 0.15) is 24.8 Å². The number of anilines is 2. The van der Waals surface area contributed by atoms with Crippen molar-refractivity contribution in [1.29, 1.82) is 0 Å². The van der Waals surface area contributed by atoms with Crippen LogP contribution in [0.5, 0.6) is 0 Å². The molecule has 0 atom stereocenters. The molecule has 27 heavy (non-hydrogen) atoms. The normalized spacial score (nSPS) is 14.2. The Hall–Kier alpha value is -3.53. The second-order valence-electron chi connectivity index (χ2n) is 6.27. The highest BCUT2D eigenvalue weighted by Gasteiger charge is 2.21. The van der Waals surface area contributed by atoms with E-state index in [0.717, 1.165) is 30.6 Å². The summed E-state index contributed by atoms with van der Waals surface area (Å²) >= 11 is 0. The van der Waals surface area contributed by atoms with E-state index < -0.39 is 6.03 Å². The Labute approximate surface area is 157 Å². The van der Waals surface area contributed by atoms with E-state index in [1.165, 1.54) is 0 Å². The van der Waals surface area contributed by atoms with Crippen molar-refractivity contribution < 1.29 is 9.59 Å². The first kappa shape index (κ1) is 18.3. The number of carbonyl (C=O) groups excluding carboxylic acids is 2. The SMILES string of the molecule is [C-]#[N+]c1cccc(N=NC(=O)Nc2ccc(N3CCCCC3=O)c(C)c2)c1. The Morgan fingerprint density at radius 2 is 2.07 bits per heavy atom. The van der Waals surface area contributed by atoms with Crippen LogP contribution in [0.25, 0.3) is 4.85 Å². The van der Waals surface area contributed by atoms with Gasteiger partial charge in [0.1, 0.15) is 0 Å². The van der Waals surface area contributed by atoms with E-state index in [0.29, 0.717) is 23.5 Å². The number of amides is 3. The van der Waals surface area contributed by atoms with Crippen LogP contribution in [0, 0.1) is 13.5 Å². The highest BCUT2D eigenvalue weighted by atomic mass is 16.2. The minimum Gasteiger partial charge on any atom is -0.312 e. The Morgan fingerprint density at radius 3 is 2.81 bits per heavy atom. The Morgan fingerprint density at radius 1 is 1.22 bits per heavy atom. The molecular formula is C20H19N5O2. The molecule has 0 radical (unpaired) electrons. The second-order valence-corrected chi connectivity index (χ2v) is 6.27. The van der Waals surface area contributed by atoms with Crippen LogP contribution >= 0.6 is 0 Å². The number of nitrogens with one attached hydrogen (secondary N) is 1. The third-order valence-electron chi connectivity index (χ3n) is 4.28. The Bertz CT molecular complexity index is 946. The van der Waals surface area contributed by atoms with Crippen molar-refractivity contribution in [3.63, 3.8) is 0 Å². The lowest BCUT2D eigenvalue weighted by molar-refractivity contribution is -0.119. The molecule has 1 saturated heterocycles. The largest absolute Gasteiger partial charge is 0.364 e. The molecule has 1 heterocycles. The third-order valence-corrected chi connectivity index (χ3v) is 4.28. The minimum atomic E-state index is -0.607. The van der Waals surface area contributed by atoms with Crippen molar-refractivity contribution in [2.24, 2.45) is 10.2 Å². The molecular weight excluding hydrogens is 342 g/mol. The first-order valence-corrected chi connectivity index (χ1v) is 8.68. The van der Waals surface area contributed by atoms with Crippen LogP contribution in [-0.4, -0.2) is 18.5 Å². The summed E-state index contributed by atoms with van der Waals surface area (Å²) in [4.78, 5) is 29.2. The molecule has 0 aromatic heterocycles. The Balaban J connectivity index is 1.67. The van der Waals surface area contributed by atoms with Gasteiger partial charge in [-0.15, -0.1) is 5.11 Å². The lowest BCUT2D eigenvalue weighted by Crippen LogP contribution is -2.35. The van der Waals surface area contributed by atoms with Crippen molar-refractivity contribution in [1.82, 2.24) is 0 Å². The van der Waals surface area contributed by atoms with Gasteiger partial charge in [-0.3, -0.25) is 4.79 Å². The summed E-state index contributed by atoms with van der Waals surface area (Å²) in [5.41, 5.74) is 3.23. The maximum Gasteiger partial charge on any atom is 0.364 e. The molecule has 0 spiro atoms. The number of nitrogens with zero attached hydrogens (tertiary/aromatic N) is 4. The van der Waals surface area contributed by atoms with E-state index in [1.807, 2.05) is 19.1 Å². The number of aryl methyl sites for hydroxylation is 1. The zero-order chi connectivity index (χ0) is 19.2. The molecule has 1 aliphatic heterocycles. The molecule has 136 valence electrons. The second kappa shape index (κ2) is 8.23. The highest BCUT2D eigenvalue weighted by Crippen LogP contribution is 2.27. The number of urea groups is 1. The van der Waals surface area contributed by atoms with Gasteiger partial charge in [-0.2, -0.15) is 0 Å². The van der Waals surface area contributed by atoms with E-state index in [2.05, 4.69) is 20.4 Å². The van der Waals surface area contributed by atoms with E-state index in [1.54, 1.807) is 35.2 Å². The molecule has 7 nitrogen and oxygen atoms in total. The van der Waals surface area contributed by atoms with Crippen LogP contribution in [0.3, 0.4) is 0 Å². The monoisotopic (exact) mass is 361 g/mol. The van der Waals surface area contributed by atoms with Crippen molar-refractivity contribution in [3.8, 4) is 0 Å². The number of piperidine rings is 1. The van der Waals surface area contributed by atoms with Crippen molar-refractivity contribution in [3.05, 3.63) is 59.4 Å². The summed E-state index contributed by atoms with van der Waals surface area (Å²) in [7, 11) is 0. The molecule has 2 aromatic rings. The number of hydrogen-bond donors (Lipinski definition) is 1. The van der Waals surface area contributed by atoms with Gasteiger partial charge in [0.25, 0.3) is 0 Å². The van der Waals surface area contributed by atoms with Crippen LogP contribution in [0.4, 0.5) is 27.5 Å². The maximum atomic E-state index is 12.1. The molecule has 1 aliphatic rings. The maximum absolute atomic E-state index is 12.1. The molecule has 0 unspecified atom stereocenters. The summed E-state index contributed by atoms with van der Waals surface area (Å²) in [6.07, 6.45) is 2.51. The van der Waals surface area contributed by atoms with Crippen LogP contribution in [0.2, 0.25) is 0 Å². The van der Waals surface area contributed by atoms with Gasteiger partial charge in [0.15, 0.2) is 5.69 Å². The summed E-state index contributed by atoms with van der Waals surface area (Å²) in [6.45, 7) is 9.61. The zero-order valence-electron chi connectivity index (χ0n) is 15.0. The minimum absolute atomic E-state index is 0.136. The first-order chi connectivity index (χ1) is 13.1. The molecule has 3 amide bonds. The first-order valence-electron chi connectivity index (χ1n) is 8.68. The number of azo groups is 1. The molecule has 1 N–H and O–H groups in total. The summed E-state index contributed by atoms with van der Waals surface area (Å²) in [5, 5.41) is 10.1. The van der Waals surface area contributed by atoms with Crippen LogP contribution < -0.4 is 10.2 Å². The summed E-state index contributed by atoms with van der Waals surface area (Å²) in [5.74, 6) is 0.136. The van der Waals surface area contributed by atoms with E-state index in [-0.39, 0.29) is 5.91 Å². The van der Waals surface area contributed by atoms with Crippen molar-refractivity contribution in [2.75, 3.05) is 16.8 Å². The topological polar surface area (TPSA) is 78.5 Å². The average Bonchev–Trinajstić information content (AvgIpc) is 2.67. The van der Waals surface area contributed by atoms with E-state index in [4.69, 9.17) is 6.57 Å². The standard InChI is InChI=1S/C20H19N5O2/c1-14-12-16(9-10-18(14)25-11-4-3-8-19(25)26)22-20(27)24-23-17-7-5-6-15(13-17)21-2/h5-7,9-10,12-13H,3-4,8,11H2,1H3,(H,22,27). The fraction of sp³-hybridized carbons (Fsp3) is 0.250. The molecule has 7 heteroatoms. The van der Waals surface area contributed by atoms with Gasteiger partial charge >= 0.3 is 6.03 Å². The molecule has 3 rings (SSSR count). The van der Waals surface area contributed by atoms with Gasteiger partial charge < -0.3 is 10.2 Å². The van der Waals surface area contributed by atoms with Gasteiger partial charge in [-0.05, 0) is 55.7 Å². The highest BCUT2D eigenvalue weighted by molar-refractivity contribution is 5.95. The Kier molecular flexibility index (Phi) is 5.57. The lowest BCUT2D eigenvalue weighted by atomic mass is 10.1. The fourth-order valence-corrected chi connectivity index (χ4v) is 2.97. The predicted molar refractivity (Wildman–Crippen MR) is 104 cm³/mol. The summed E-state index contributed by atoms with van der Waals surface area (Å²) < 4.78 is 0. The van der Waals surface area contributed by atoms with Gasteiger partial charge in [0.2, 0.25) is 5.91 Å². The van der Waals surface area contributed by atoms with Crippen LogP contribution in [0.15, 0.2) is 52.7 Å². The number of carbonyl (C=O) groups is 2. The van der Waals surface area contributed by atoms with E-state index >= 15 is 0 Å². The van der Waals surface area contributed by atoms with Gasteiger partial charge in [0.05, 0.1) is 12.3 Å². The van der Waals surface area contributed by atoms with Crippen molar-refractivity contribution in [2.45, 2.75) is 26.2 Å². The van der Waals surface area contributed by atoms with Crippen LogP contribution in [-0.2, 0) is 4.79 Å². The molecule has 0 saturated carbocycles. The number of benzene rings is 2. The summed E-state index contributed by atoms with van der Waals surface area (Å²) in [6, 6.07) is 11.3. The van der Waals surface area contributed by atoms with Crippen molar-refractivity contribution >= 4 is 34.7 Å². The van der Waals surface area contributed by atoms with Gasteiger partial charge in [0, 0.05) is 24.3 Å². The molecule has 0 bridgehead atoms. The van der Waals surface area contributed by atoms with Gasteiger partial charge in [-0.25, -0.2) is 9.64 Å². The molecule has 2 aromatic carbocycles. The fourth-order valence-electron chi connectivity index (χ4n) is 2.97. The number of rotatable bonds is 3. The zero-order valence-corrected chi connectivity index (χ0v) is 15.0. The van der Waals surface area contributed by atoms with E-state index in [9.17, 15) is 9.59 Å². The quantitative estimate of drug-likeness (QED) is 0.588. The smallest absolute Gasteiger partial charge is 0.312 e. The number of hydrogen-bond acceptors (Lipinski definition) is 3. The molecule has 1 fully saturated rings. The lowest BCUT2D eigenvalue weighted by Gasteiger charge is -2.28. The molecule has 0 aliphatic carbocycles. The third kappa shape index (κ3) is 4.55. The predicted octanol–water partition coefficient (Wildman–Crippen LogP) is 5.38.